The van der Waals surface area contributed by atoms with Gasteiger partial charge in [0.1, 0.15) is 0 Å². The molecule has 112 valence electrons. The highest BCUT2D eigenvalue weighted by molar-refractivity contribution is 5.11. The Balaban J connectivity index is 1.63. The summed E-state index contributed by atoms with van der Waals surface area (Å²) in [5.41, 5.74) is 2.22. The summed E-state index contributed by atoms with van der Waals surface area (Å²) in [6.45, 7) is 7.70. The third kappa shape index (κ3) is 3.54. The Morgan fingerprint density at radius 2 is 2.00 bits per heavy atom. The van der Waals surface area contributed by atoms with Crippen LogP contribution in [0.5, 0.6) is 0 Å². The molecule has 1 unspecified atom stereocenters. The average Bonchev–Trinajstić information content (AvgIpc) is 2.81. The second kappa shape index (κ2) is 6.62. The summed E-state index contributed by atoms with van der Waals surface area (Å²) in [5, 5.41) is 15.9. The molecule has 0 spiro atoms. The van der Waals surface area contributed by atoms with Crippen LogP contribution in [0, 0.1) is 0 Å². The van der Waals surface area contributed by atoms with Gasteiger partial charge in [0, 0.05) is 58.8 Å². The van der Waals surface area contributed by atoms with E-state index >= 15 is 0 Å². The summed E-state index contributed by atoms with van der Waals surface area (Å²) in [5.74, 6) is 0. The van der Waals surface area contributed by atoms with Crippen molar-refractivity contribution in [2.45, 2.75) is 19.0 Å². The van der Waals surface area contributed by atoms with Crippen LogP contribution in [-0.4, -0.2) is 71.9 Å². The number of aromatic nitrogens is 3. The fourth-order valence-electron chi connectivity index (χ4n) is 2.83. The number of ether oxygens (including phenoxy) is 1. The standard InChI is InChI=1S/C13H24N6O/c1-18-16-12(8-11-10-20-7-4-15-11)13(17-18)9-19-5-2-14-3-6-19/h11,14-15H,2-10H2,1H3. The second-order valence-electron chi connectivity index (χ2n) is 5.54. The molecule has 0 bridgehead atoms. The zero-order valence-electron chi connectivity index (χ0n) is 12.1. The third-order valence-corrected chi connectivity index (χ3v) is 3.89. The highest BCUT2D eigenvalue weighted by atomic mass is 16.5. The minimum Gasteiger partial charge on any atom is -0.379 e. The van der Waals surface area contributed by atoms with Crippen molar-refractivity contribution in [3.8, 4) is 0 Å². The van der Waals surface area contributed by atoms with Gasteiger partial charge in [-0.3, -0.25) is 4.90 Å². The molecule has 1 aromatic heterocycles. The molecule has 2 N–H and O–H groups in total. The molecule has 1 aromatic rings. The summed E-state index contributed by atoms with van der Waals surface area (Å²) < 4.78 is 5.51. The third-order valence-electron chi connectivity index (χ3n) is 3.89. The van der Waals surface area contributed by atoms with Crippen molar-refractivity contribution in [3.63, 3.8) is 0 Å². The maximum absolute atomic E-state index is 5.51. The van der Waals surface area contributed by atoms with E-state index in [0.29, 0.717) is 6.04 Å². The van der Waals surface area contributed by atoms with Crippen LogP contribution in [-0.2, 0) is 24.8 Å². The van der Waals surface area contributed by atoms with Gasteiger partial charge in [-0.2, -0.15) is 15.0 Å². The Bertz CT molecular complexity index is 385. The van der Waals surface area contributed by atoms with Crippen LogP contribution in [0.1, 0.15) is 11.4 Å². The van der Waals surface area contributed by atoms with Gasteiger partial charge in [-0.15, -0.1) is 0 Å². The quantitative estimate of drug-likeness (QED) is 0.718. The van der Waals surface area contributed by atoms with Crippen molar-refractivity contribution in [3.05, 3.63) is 11.4 Å². The predicted molar refractivity (Wildman–Crippen MR) is 75.5 cm³/mol. The van der Waals surface area contributed by atoms with E-state index in [1.54, 1.807) is 4.80 Å². The minimum atomic E-state index is 0.363. The Morgan fingerprint density at radius 1 is 1.20 bits per heavy atom. The van der Waals surface area contributed by atoms with Crippen molar-refractivity contribution < 1.29 is 4.74 Å². The van der Waals surface area contributed by atoms with E-state index in [0.717, 1.165) is 70.3 Å². The van der Waals surface area contributed by atoms with E-state index in [2.05, 4.69) is 25.7 Å². The fraction of sp³-hybridized carbons (Fsp3) is 0.846. The van der Waals surface area contributed by atoms with E-state index in [1.807, 2.05) is 7.05 Å². The van der Waals surface area contributed by atoms with Crippen molar-refractivity contribution in [2.75, 3.05) is 45.9 Å². The Labute approximate surface area is 119 Å². The van der Waals surface area contributed by atoms with E-state index in [4.69, 9.17) is 4.74 Å². The Morgan fingerprint density at radius 3 is 2.75 bits per heavy atom. The normalized spacial score (nSPS) is 24.9. The lowest BCUT2D eigenvalue weighted by molar-refractivity contribution is 0.0765. The highest BCUT2D eigenvalue weighted by Crippen LogP contribution is 2.11. The van der Waals surface area contributed by atoms with Gasteiger partial charge in [-0.25, -0.2) is 0 Å². The first kappa shape index (κ1) is 13.9. The molecule has 3 heterocycles. The molecule has 0 radical (unpaired) electrons. The molecule has 2 saturated heterocycles. The number of piperazine rings is 1. The van der Waals surface area contributed by atoms with Crippen LogP contribution in [0.25, 0.3) is 0 Å². The van der Waals surface area contributed by atoms with Crippen molar-refractivity contribution in [1.82, 2.24) is 30.5 Å². The van der Waals surface area contributed by atoms with Gasteiger partial charge in [-0.05, 0) is 0 Å². The highest BCUT2D eigenvalue weighted by Gasteiger charge is 2.20. The van der Waals surface area contributed by atoms with Gasteiger partial charge in [0.15, 0.2) is 0 Å². The lowest BCUT2D eigenvalue weighted by Gasteiger charge is -2.27. The number of hydrogen-bond acceptors (Lipinski definition) is 6. The SMILES string of the molecule is Cn1nc(CC2COCCN2)c(CN2CCNCC2)n1. The van der Waals surface area contributed by atoms with E-state index in [1.165, 1.54) is 0 Å². The van der Waals surface area contributed by atoms with E-state index in [9.17, 15) is 0 Å². The average molecular weight is 280 g/mol. The van der Waals surface area contributed by atoms with Gasteiger partial charge in [0.2, 0.25) is 0 Å². The maximum Gasteiger partial charge on any atom is 0.0999 e. The summed E-state index contributed by atoms with van der Waals surface area (Å²) in [6.07, 6.45) is 0.898. The molecule has 7 nitrogen and oxygen atoms in total. The first-order valence-corrected chi connectivity index (χ1v) is 7.44. The molecule has 2 aliphatic heterocycles. The molecule has 2 aliphatic rings. The molecule has 3 rings (SSSR count). The van der Waals surface area contributed by atoms with E-state index in [-0.39, 0.29) is 0 Å². The molecule has 2 fully saturated rings. The summed E-state index contributed by atoms with van der Waals surface area (Å²) >= 11 is 0. The molecule has 0 amide bonds. The molecule has 0 aliphatic carbocycles. The Hall–Kier alpha value is -1.02. The number of rotatable bonds is 4. The first-order valence-electron chi connectivity index (χ1n) is 7.44. The van der Waals surface area contributed by atoms with Gasteiger partial charge in [0.05, 0.1) is 24.6 Å². The molecule has 20 heavy (non-hydrogen) atoms. The van der Waals surface area contributed by atoms with Crippen LogP contribution in [0.3, 0.4) is 0 Å². The summed E-state index contributed by atoms with van der Waals surface area (Å²) in [6, 6.07) is 0.363. The van der Waals surface area contributed by atoms with E-state index < -0.39 is 0 Å². The van der Waals surface area contributed by atoms with Crippen LogP contribution in [0.4, 0.5) is 0 Å². The fourth-order valence-corrected chi connectivity index (χ4v) is 2.83. The Kier molecular flexibility index (Phi) is 4.62. The van der Waals surface area contributed by atoms with Crippen LogP contribution in [0.15, 0.2) is 0 Å². The van der Waals surface area contributed by atoms with Crippen LogP contribution >= 0.6 is 0 Å². The monoisotopic (exact) mass is 280 g/mol. The topological polar surface area (TPSA) is 67.2 Å². The van der Waals surface area contributed by atoms with Gasteiger partial charge >= 0.3 is 0 Å². The largest absolute Gasteiger partial charge is 0.379 e. The number of nitrogens with one attached hydrogen (secondary N) is 2. The lowest BCUT2D eigenvalue weighted by Crippen LogP contribution is -2.44. The summed E-state index contributed by atoms with van der Waals surface area (Å²) in [4.78, 5) is 4.13. The minimum absolute atomic E-state index is 0.363. The molecule has 1 atom stereocenters. The molecule has 0 aromatic carbocycles. The molecule has 0 saturated carbocycles. The van der Waals surface area contributed by atoms with Crippen molar-refractivity contribution in [2.24, 2.45) is 7.05 Å². The van der Waals surface area contributed by atoms with Crippen LogP contribution < -0.4 is 10.6 Å². The number of nitrogens with zero attached hydrogens (tertiary/aromatic N) is 4. The zero-order chi connectivity index (χ0) is 13.8. The zero-order valence-corrected chi connectivity index (χ0v) is 12.1. The molecule has 7 heteroatoms. The maximum atomic E-state index is 5.51. The smallest absolute Gasteiger partial charge is 0.0999 e. The number of morpholine rings is 1. The molecular weight excluding hydrogens is 256 g/mol. The van der Waals surface area contributed by atoms with Crippen molar-refractivity contribution in [1.29, 1.82) is 0 Å². The summed E-state index contributed by atoms with van der Waals surface area (Å²) in [7, 11) is 1.90. The lowest BCUT2D eigenvalue weighted by atomic mass is 10.1. The van der Waals surface area contributed by atoms with Gasteiger partial charge in [0.25, 0.3) is 0 Å². The van der Waals surface area contributed by atoms with Gasteiger partial charge in [-0.1, -0.05) is 0 Å². The van der Waals surface area contributed by atoms with Gasteiger partial charge < -0.3 is 15.4 Å². The second-order valence-corrected chi connectivity index (χ2v) is 5.54. The van der Waals surface area contributed by atoms with Crippen LogP contribution in [0.2, 0.25) is 0 Å². The number of aryl methyl sites for hydroxylation is 1. The number of hydrogen-bond donors (Lipinski definition) is 2. The molecular formula is C13H24N6O. The predicted octanol–water partition coefficient (Wildman–Crippen LogP) is -1.25. The first-order chi connectivity index (χ1) is 9.81. The van der Waals surface area contributed by atoms with Crippen molar-refractivity contribution >= 4 is 0 Å².